The molecule has 0 bridgehead atoms. The van der Waals surface area contributed by atoms with E-state index in [2.05, 4.69) is 38.8 Å². The zero-order valence-corrected chi connectivity index (χ0v) is 17.4. The average Bonchev–Trinajstić information content (AvgIpc) is 2.80. The summed E-state index contributed by atoms with van der Waals surface area (Å²) in [5.41, 5.74) is -1.01. The van der Waals surface area contributed by atoms with Gasteiger partial charge >= 0.3 is 5.69 Å². The summed E-state index contributed by atoms with van der Waals surface area (Å²) in [5, 5.41) is 10.4. The van der Waals surface area contributed by atoms with Gasteiger partial charge in [-0.15, -0.1) is 0 Å². The summed E-state index contributed by atoms with van der Waals surface area (Å²) in [4.78, 5) is 25.5. The van der Waals surface area contributed by atoms with Crippen LogP contribution < -0.4 is 11.2 Å². The van der Waals surface area contributed by atoms with Crippen LogP contribution in [-0.2, 0) is 9.16 Å². The number of hydrogen-bond donors (Lipinski definition) is 2. The molecule has 7 nitrogen and oxygen atoms in total. The van der Waals surface area contributed by atoms with Crippen molar-refractivity contribution in [2.45, 2.75) is 62.6 Å². The third-order valence-corrected chi connectivity index (χ3v) is 10.7. The molecule has 0 aliphatic carbocycles. The molecule has 1 aromatic heterocycles. The van der Waals surface area contributed by atoms with E-state index in [0.29, 0.717) is 0 Å². The molecule has 0 radical (unpaired) electrons. The second-order valence-corrected chi connectivity index (χ2v) is 13.7. The number of hydrogen-bond acceptors (Lipinski definition) is 6. The maximum absolute atomic E-state index is 12.1. The van der Waals surface area contributed by atoms with Gasteiger partial charge in [0.25, 0.3) is 5.56 Å². The standard InChI is InChI=1S/C16H28N2O5SSi/c1-16(2,3)25(5,6)22-9-10-12(20)13(24-4)14(23-10)18-8-7-11(19)17-15(18)21/h7-8,10,12-14,20H,9H2,1-6H3,(H,17,19,21)/t10-,12-,13-,14-/m1/s1. The summed E-state index contributed by atoms with van der Waals surface area (Å²) in [6.07, 6.45) is 1.33. The highest BCUT2D eigenvalue weighted by Crippen LogP contribution is 2.39. The van der Waals surface area contributed by atoms with Gasteiger partial charge in [-0.2, -0.15) is 11.8 Å². The molecule has 2 heterocycles. The smallest absolute Gasteiger partial charge is 0.330 e. The van der Waals surface area contributed by atoms with Gasteiger partial charge in [0.05, 0.1) is 18.0 Å². The lowest BCUT2D eigenvalue weighted by Gasteiger charge is -2.37. The zero-order chi connectivity index (χ0) is 19.0. The van der Waals surface area contributed by atoms with E-state index in [4.69, 9.17) is 9.16 Å². The van der Waals surface area contributed by atoms with Gasteiger partial charge in [0, 0.05) is 12.3 Å². The van der Waals surface area contributed by atoms with Crippen LogP contribution in [0.1, 0.15) is 27.0 Å². The van der Waals surface area contributed by atoms with Crippen LogP contribution in [0.15, 0.2) is 21.9 Å². The van der Waals surface area contributed by atoms with E-state index in [1.807, 2.05) is 6.26 Å². The van der Waals surface area contributed by atoms with E-state index in [1.165, 1.54) is 28.6 Å². The highest BCUT2D eigenvalue weighted by atomic mass is 32.2. The normalized spacial score (nSPS) is 27.6. The second kappa shape index (κ2) is 7.40. The van der Waals surface area contributed by atoms with Gasteiger partial charge in [-0.3, -0.25) is 14.3 Å². The molecule has 0 spiro atoms. The van der Waals surface area contributed by atoms with E-state index < -0.39 is 38.0 Å². The number of H-pyrrole nitrogens is 1. The number of thioether (sulfide) groups is 1. The number of aliphatic hydroxyl groups excluding tert-OH is 1. The van der Waals surface area contributed by atoms with Crippen molar-refractivity contribution in [2.24, 2.45) is 0 Å². The second-order valence-electron chi connectivity index (χ2n) is 7.84. The van der Waals surface area contributed by atoms with E-state index in [1.54, 1.807) is 0 Å². The number of rotatable bonds is 5. The number of nitrogens with one attached hydrogen (secondary N) is 1. The Balaban J connectivity index is 2.18. The first kappa shape index (κ1) is 20.4. The van der Waals surface area contributed by atoms with Crippen LogP contribution in [0.25, 0.3) is 0 Å². The van der Waals surface area contributed by atoms with Crippen molar-refractivity contribution >= 4 is 20.1 Å². The van der Waals surface area contributed by atoms with Crippen molar-refractivity contribution in [3.05, 3.63) is 33.1 Å². The number of nitrogens with zero attached hydrogens (tertiary/aromatic N) is 1. The van der Waals surface area contributed by atoms with E-state index >= 15 is 0 Å². The van der Waals surface area contributed by atoms with Gasteiger partial charge in [-0.25, -0.2) is 4.79 Å². The Kier molecular flexibility index (Phi) is 6.05. The van der Waals surface area contributed by atoms with Crippen LogP contribution in [0.2, 0.25) is 18.1 Å². The molecule has 4 atom stereocenters. The van der Waals surface area contributed by atoms with Gasteiger partial charge in [-0.1, -0.05) is 20.8 Å². The molecule has 1 saturated heterocycles. The van der Waals surface area contributed by atoms with Gasteiger partial charge in [0.2, 0.25) is 0 Å². The first-order chi connectivity index (χ1) is 11.5. The molecule has 142 valence electrons. The summed E-state index contributed by atoms with van der Waals surface area (Å²) in [7, 11) is -1.97. The summed E-state index contributed by atoms with van der Waals surface area (Å²) in [5.74, 6) is 0. The lowest BCUT2D eigenvalue weighted by Crippen LogP contribution is -2.44. The predicted molar refractivity (Wildman–Crippen MR) is 102 cm³/mol. The maximum Gasteiger partial charge on any atom is 0.330 e. The summed E-state index contributed by atoms with van der Waals surface area (Å²) >= 11 is 1.43. The molecule has 1 aliphatic heterocycles. The van der Waals surface area contributed by atoms with Crippen molar-refractivity contribution < 1.29 is 14.3 Å². The molecule has 0 unspecified atom stereocenters. The van der Waals surface area contributed by atoms with Crippen LogP contribution in [0.5, 0.6) is 0 Å². The highest BCUT2D eigenvalue weighted by Gasteiger charge is 2.46. The van der Waals surface area contributed by atoms with Crippen molar-refractivity contribution in [1.29, 1.82) is 0 Å². The molecule has 25 heavy (non-hydrogen) atoms. The van der Waals surface area contributed by atoms with E-state index in [-0.39, 0.29) is 16.9 Å². The van der Waals surface area contributed by atoms with E-state index in [9.17, 15) is 14.7 Å². The third kappa shape index (κ3) is 4.28. The van der Waals surface area contributed by atoms with Gasteiger partial charge in [0.1, 0.15) is 6.10 Å². The lowest BCUT2D eigenvalue weighted by molar-refractivity contribution is -0.0430. The Labute approximate surface area is 152 Å². The SMILES string of the molecule is CS[C@@H]1[C@H](O)[C@@H](CO[Si](C)(C)C(C)(C)C)O[C@H]1n1ccc(=O)[nH]c1=O. The fourth-order valence-electron chi connectivity index (χ4n) is 2.47. The van der Waals surface area contributed by atoms with Gasteiger partial charge in [0.15, 0.2) is 14.5 Å². The monoisotopic (exact) mass is 388 g/mol. The molecule has 2 rings (SSSR count). The van der Waals surface area contributed by atoms with Crippen molar-refractivity contribution in [1.82, 2.24) is 9.55 Å². The van der Waals surface area contributed by atoms with Crippen LogP contribution >= 0.6 is 11.8 Å². The molecule has 1 fully saturated rings. The Morgan fingerprint density at radius 1 is 1.40 bits per heavy atom. The molecule has 9 heteroatoms. The van der Waals surface area contributed by atoms with E-state index in [0.717, 1.165) is 0 Å². The van der Waals surface area contributed by atoms with Crippen LogP contribution in [0.3, 0.4) is 0 Å². The number of aliphatic hydroxyl groups is 1. The highest BCUT2D eigenvalue weighted by molar-refractivity contribution is 7.99. The Morgan fingerprint density at radius 3 is 2.56 bits per heavy atom. The van der Waals surface area contributed by atoms with Crippen molar-refractivity contribution in [3.8, 4) is 0 Å². The molecule has 0 saturated carbocycles. The van der Waals surface area contributed by atoms with Crippen molar-refractivity contribution in [3.63, 3.8) is 0 Å². The van der Waals surface area contributed by atoms with Gasteiger partial charge < -0.3 is 14.3 Å². The lowest BCUT2D eigenvalue weighted by atomic mass is 10.2. The van der Waals surface area contributed by atoms with Crippen LogP contribution in [-0.4, -0.2) is 53.3 Å². The molecule has 2 N–H and O–H groups in total. The third-order valence-electron chi connectivity index (χ3n) is 5.12. The maximum atomic E-state index is 12.1. The minimum atomic E-state index is -1.97. The van der Waals surface area contributed by atoms with Crippen molar-refractivity contribution in [2.75, 3.05) is 12.9 Å². The fraction of sp³-hybridized carbons (Fsp3) is 0.750. The quantitative estimate of drug-likeness (QED) is 0.744. The average molecular weight is 389 g/mol. The molecular weight excluding hydrogens is 360 g/mol. The fourth-order valence-corrected chi connectivity index (χ4v) is 4.37. The minimum Gasteiger partial charge on any atom is -0.414 e. The number of ether oxygens (including phenoxy) is 1. The minimum absolute atomic E-state index is 0.0602. The Bertz CT molecular complexity index is 711. The zero-order valence-electron chi connectivity index (χ0n) is 15.6. The Hall–Kier alpha value is -0.873. The summed E-state index contributed by atoms with van der Waals surface area (Å²) in [6.45, 7) is 11.0. The topological polar surface area (TPSA) is 93.5 Å². The summed E-state index contributed by atoms with van der Waals surface area (Å²) in [6, 6.07) is 1.27. The van der Waals surface area contributed by atoms with Crippen LogP contribution in [0.4, 0.5) is 0 Å². The molecule has 0 aromatic carbocycles. The number of aromatic amines is 1. The molecule has 1 aliphatic rings. The molecule has 0 amide bonds. The van der Waals surface area contributed by atoms with Gasteiger partial charge in [-0.05, 0) is 24.4 Å². The number of aromatic nitrogens is 2. The molecule has 1 aromatic rings. The van der Waals surface area contributed by atoms with Crippen LogP contribution in [0, 0.1) is 0 Å². The Morgan fingerprint density at radius 2 is 2.04 bits per heavy atom. The first-order valence-electron chi connectivity index (χ1n) is 8.29. The molecular formula is C16H28N2O5SSi. The first-order valence-corrected chi connectivity index (χ1v) is 12.5. The summed E-state index contributed by atoms with van der Waals surface area (Å²) < 4.78 is 13.5. The predicted octanol–water partition coefficient (Wildman–Crippen LogP) is 1.55. The largest absolute Gasteiger partial charge is 0.414 e.